The second-order valence-corrected chi connectivity index (χ2v) is 12.9. The van der Waals surface area contributed by atoms with E-state index in [-0.39, 0.29) is 31.0 Å². The standard InChI is InChI=1S/C38H73NO3/c1-3-5-7-9-11-13-15-17-19-21-23-25-27-29-31-33-36(40)38(42,35-39)37(41)34-32-30-28-26-24-22-20-18-16-14-12-10-8-6-4-2/h17,19,42H,3-16,18,20-35,39H2,1-2H3/b19-17-. The fraction of sp³-hybridized carbons (Fsp3) is 0.895. The maximum atomic E-state index is 12.7. The van der Waals surface area contributed by atoms with Crippen molar-refractivity contribution >= 4 is 11.6 Å². The lowest BCUT2D eigenvalue weighted by Crippen LogP contribution is -2.52. The van der Waals surface area contributed by atoms with Gasteiger partial charge in [0.2, 0.25) is 0 Å². The van der Waals surface area contributed by atoms with Gasteiger partial charge < -0.3 is 10.8 Å². The highest BCUT2D eigenvalue weighted by Crippen LogP contribution is 2.19. The summed E-state index contributed by atoms with van der Waals surface area (Å²) in [6.07, 6.45) is 39.8. The molecule has 0 saturated heterocycles. The number of carbonyl (C=O) groups is 2. The van der Waals surface area contributed by atoms with E-state index in [1.165, 1.54) is 128 Å². The normalized spacial score (nSPS) is 13.1. The molecule has 0 amide bonds. The van der Waals surface area contributed by atoms with E-state index < -0.39 is 5.60 Å². The Balaban J connectivity index is 3.72. The van der Waals surface area contributed by atoms with Crippen molar-refractivity contribution in [1.82, 2.24) is 0 Å². The van der Waals surface area contributed by atoms with Crippen LogP contribution in [-0.2, 0) is 9.59 Å². The molecule has 0 spiro atoms. The van der Waals surface area contributed by atoms with Crippen molar-refractivity contribution in [3.05, 3.63) is 12.2 Å². The van der Waals surface area contributed by atoms with Crippen LogP contribution in [0.1, 0.15) is 206 Å². The van der Waals surface area contributed by atoms with E-state index in [0.717, 1.165) is 51.4 Å². The number of carbonyl (C=O) groups excluding carboxylic acids is 2. The molecule has 0 aliphatic rings. The van der Waals surface area contributed by atoms with E-state index in [1.54, 1.807) is 0 Å². The van der Waals surface area contributed by atoms with Crippen molar-refractivity contribution in [3.8, 4) is 0 Å². The second kappa shape index (κ2) is 31.4. The average Bonchev–Trinajstić information content (AvgIpc) is 3.00. The summed E-state index contributed by atoms with van der Waals surface area (Å²) < 4.78 is 0. The summed E-state index contributed by atoms with van der Waals surface area (Å²) in [5, 5.41) is 10.8. The van der Waals surface area contributed by atoms with E-state index in [0.29, 0.717) is 0 Å². The van der Waals surface area contributed by atoms with Gasteiger partial charge in [-0.1, -0.05) is 167 Å². The van der Waals surface area contributed by atoms with Gasteiger partial charge >= 0.3 is 0 Å². The molecule has 0 fully saturated rings. The molecular weight excluding hydrogens is 518 g/mol. The zero-order valence-electron chi connectivity index (χ0n) is 28.4. The predicted octanol–water partition coefficient (Wildman–Crippen LogP) is 11.1. The van der Waals surface area contributed by atoms with E-state index in [9.17, 15) is 14.7 Å². The van der Waals surface area contributed by atoms with E-state index in [4.69, 9.17) is 5.73 Å². The number of hydrogen-bond donors (Lipinski definition) is 2. The minimum absolute atomic E-state index is 0.246. The molecule has 0 heterocycles. The number of rotatable bonds is 34. The maximum Gasteiger partial charge on any atom is 0.193 e. The van der Waals surface area contributed by atoms with E-state index in [1.807, 2.05) is 0 Å². The highest BCUT2D eigenvalue weighted by molar-refractivity contribution is 6.10. The Bertz CT molecular complexity index is 632. The van der Waals surface area contributed by atoms with Crippen LogP contribution in [0.5, 0.6) is 0 Å². The molecular formula is C38H73NO3. The molecule has 4 nitrogen and oxygen atoms in total. The second-order valence-electron chi connectivity index (χ2n) is 12.9. The monoisotopic (exact) mass is 592 g/mol. The van der Waals surface area contributed by atoms with Crippen molar-refractivity contribution in [3.63, 3.8) is 0 Å². The van der Waals surface area contributed by atoms with Crippen molar-refractivity contribution in [2.75, 3.05) is 6.54 Å². The first kappa shape index (κ1) is 41.0. The van der Waals surface area contributed by atoms with Crippen LogP contribution in [0.25, 0.3) is 0 Å². The number of allylic oxidation sites excluding steroid dienone is 2. The van der Waals surface area contributed by atoms with Gasteiger partial charge in [0.25, 0.3) is 0 Å². The van der Waals surface area contributed by atoms with Crippen LogP contribution in [0.15, 0.2) is 12.2 Å². The van der Waals surface area contributed by atoms with Gasteiger partial charge in [0.05, 0.1) is 0 Å². The molecule has 0 aromatic rings. The lowest BCUT2D eigenvalue weighted by atomic mass is 9.87. The Morgan fingerprint density at radius 2 is 0.738 bits per heavy atom. The quantitative estimate of drug-likeness (QED) is 0.0443. The van der Waals surface area contributed by atoms with E-state index in [2.05, 4.69) is 26.0 Å². The molecule has 3 N–H and O–H groups in total. The predicted molar refractivity (Wildman–Crippen MR) is 183 cm³/mol. The highest BCUT2D eigenvalue weighted by atomic mass is 16.3. The molecule has 0 saturated carbocycles. The molecule has 0 aromatic carbocycles. The van der Waals surface area contributed by atoms with Crippen molar-refractivity contribution in [2.45, 2.75) is 212 Å². The summed E-state index contributed by atoms with van der Waals surface area (Å²) >= 11 is 0. The first-order valence-electron chi connectivity index (χ1n) is 18.7. The third-order valence-electron chi connectivity index (χ3n) is 8.89. The minimum atomic E-state index is -1.98. The van der Waals surface area contributed by atoms with Gasteiger partial charge in [-0.15, -0.1) is 0 Å². The van der Waals surface area contributed by atoms with Gasteiger partial charge in [-0.2, -0.15) is 0 Å². The van der Waals surface area contributed by atoms with Gasteiger partial charge in [-0.3, -0.25) is 9.59 Å². The van der Waals surface area contributed by atoms with Gasteiger partial charge in [0, 0.05) is 19.4 Å². The SMILES string of the molecule is CCCCCCCC/C=C\CCCCCCCC(=O)C(O)(CN)C(=O)CCCCCCCCCCCCCCCCC. The Kier molecular flexibility index (Phi) is 30.7. The topological polar surface area (TPSA) is 80.4 Å². The zero-order valence-corrected chi connectivity index (χ0v) is 28.4. The van der Waals surface area contributed by atoms with Gasteiger partial charge in [0.15, 0.2) is 17.2 Å². The van der Waals surface area contributed by atoms with Crippen molar-refractivity contribution in [1.29, 1.82) is 0 Å². The third kappa shape index (κ3) is 24.4. The van der Waals surface area contributed by atoms with Crippen LogP contribution >= 0.6 is 0 Å². The molecule has 4 heteroatoms. The summed E-state index contributed by atoms with van der Waals surface area (Å²) in [6.45, 7) is 4.23. The van der Waals surface area contributed by atoms with Crippen molar-refractivity contribution in [2.24, 2.45) is 5.73 Å². The van der Waals surface area contributed by atoms with E-state index >= 15 is 0 Å². The lowest BCUT2D eigenvalue weighted by Gasteiger charge is -2.23. The van der Waals surface area contributed by atoms with Gasteiger partial charge in [-0.05, 0) is 38.5 Å². The van der Waals surface area contributed by atoms with Crippen LogP contribution in [0.4, 0.5) is 0 Å². The number of unbranched alkanes of at least 4 members (excludes halogenated alkanes) is 25. The Morgan fingerprint density at radius 1 is 0.476 bits per heavy atom. The highest BCUT2D eigenvalue weighted by Gasteiger charge is 2.40. The molecule has 0 aromatic heterocycles. The third-order valence-corrected chi connectivity index (χ3v) is 8.89. The van der Waals surface area contributed by atoms with Crippen LogP contribution in [-0.4, -0.2) is 28.8 Å². The maximum absolute atomic E-state index is 12.7. The number of Topliss-reactive ketones (excluding diaryl/α,β-unsaturated/α-hetero) is 2. The molecule has 0 bridgehead atoms. The molecule has 1 unspecified atom stereocenters. The van der Waals surface area contributed by atoms with Gasteiger partial charge in [-0.25, -0.2) is 0 Å². The molecule has 0 aliphatic heterocycles. The molecule has 248 valence electrons. The summed E-state index contributed by atoms with van der Waals surface area (Å²) in [4.78, 5) is 25.3. The first-order chi connectivity index (χ1) is 20.5. The largest absolute Gasteiger partial charge is 0.374 e. The van der Waals surface area contributed by atoms with Crippen LogP contribution in [0.2, 0.25) is 0 Å². The van der Waals surface area contributed by atoms with Crippen LogP contribution < -0.4 is 5.73 Å². The number of aliphatic hydroxyl groups is 1. The van der Waals surface area contributed by atoms with Crippen LogP contribution in [0.3, 0.4) is 0 Å². The van der Waals surface area contributed by atoms with Gasteiger partial charge in [0.1, 0.15) is 0 Å². The summed E-state index contributed by atoms with van der Waals surface area (Å²) in [5.74, 6) is -0.758. The number of nitrogens with two attached hydrogens (primary N) is 1. The fourth-order valence-electron chi connectivity index (χ4n) is 5.81. The molecule has 0 radical (unpaired) electrons. The zero-order chi connectivity index (χ0) is 31.0. The number of ketones is 2. The smallest absolute Gasteiger partial charge is 0.193 e. The van der Waals surface area contributed by atoms with Crippen molar-refractivity contribution < 1.29 is 14.7 Å². The number of hydrogen-bond acceptors (Lipinski definition) is 4. The molecule has 0 aliphatic carbocycles. The Hall–Kier alpha value is -1.00. The summed E-state index contributed by atoms with van der Waals surface area (Å²) in [6, 6.07) is 0. The lowest BCUT2D eigenvalue weighted by molar-refractivity contribution is -0.150. The Labute approximate surface area is 262 Å². The summed E-state index contributed by atoms with van der Waals surface area (Å²) in [5.41, 5.74) is 3.75. The molecule has 42 heavy (non-hydrogen) atoms. The molecule has 1 atom stereocenters. The minimum Gasteiger partial charge on any atom is -0.374 e. The summed E-state index contributed by atoms with van der Waals surface area (Å²) in [7, 11) is 0. The Morgan fingerprint density at radius 3 is 1.02 bits per heavy atom. The van der Waals surface area contributed by atoms with Crippen LogP contribution in [0, 0.1) is 0 Å². The fourth-order valence-corrected chi connectivity index (χ4v) is 5.81. The first-order valence-corrected chi connectivity index (χ1v) is 18.7. The average molecular weight is 592 g/mol. The molecule has 0 rings (SSSR count).